The van der Waals surface area contributed by atoms with E-state index in [1.807, 2.05) is 38.1 Å². The number of β-amino-alcohol motifs (C(OH)–C–C–N with tert-alkyl or cyclic N) is 1. The summed E-state index contributed by atoms with van der Waals surface area (Å²) in [5.74, 6) is -0.911. The van der Waals surface area contributed by atoms with Gasteiger partial charge in [0.2, 0.25) is 11.8 Å². The quantitative estimate of drug-likeness (QED) is 0.494. The molecular weight excluding hydrogens is 456 g/mol. The predicted molar refractivity (Wildman–Crippen MR) is 129 cm³/mol. The average Bonchev–Trinajstić information content (AvgIpc) is 3.36. The van der Waals surface area contributed by atoms with Gasteiger partial charge in [0, 0.05) is 13.0 Å². The number of aliphatic hydroxyl groups excluding tert-OH is 1. The number of benzene rings is 1. The minimum Gasteiger partial charge on any atom is -0.465 e. The minimum atomic E-state index is -1.32. The first-order valence-corrected chi connectivity index (χ1v) is 12.0. The van der Waals surface area contributed by atoms with E-state index in [1.165, 1.54) is 4.90 Å². The number of aryl methyl sites for hydroxylation is 1. The summed E-state index contributed by atoms with van der Waals surface area (Å²) in [4.78, 5) is 44.3. The van der Waals surface area contributed by atoms with Crippen LogP contribution in [0.4, 0.5) is 4.79 Å². The summed E-state index contributed by atoms with van der Waals surface area (Å²) in [6.45, 7) is 9.02. The summed E-state index contributed by atoms with van der Waals surface area (Å²) < 4.78 is 0. The number of carbonyl (C=O) groups excluding carboxylic acids is 2. The Morgan fingerprint density at radius 3 is 2.35 bits per heavy atom. The Balaban J connectivity index is 1.72. The van der Waals surface area contributed by atoms with Gasteiger partial charge < -0.3 is 25.7 Å². The zero-order chi connectivity index (χ0) is 25.2. The van der Waals surface area contributed by atoms with E-state index in [-0.39, 0.29) is 24.9 Å². The van der Waals surface area contributed by atoms with E-state index in [0.717, 1.165) is 21.7 Å². The number of aromatic nitrogens is 1. The first-order chi connectivity index (χ1) is 15.9. The number of amides is 3. The molecule has 2 heterocycles. The summed E-state index contributed by atoms with van der Waals surface area (Å²) in [5, 5.41) is 24.6. The van der Waals surface area contributed by atoms with Crippen LogP contribution in [0.2, 0.25) is 0 Å². The van der Waals surface area contributed by atoms with E-state index < -0.39 is 35.6 Å². The predicted octanol–water partition coefficient (Wildman–Crippen LogP) is 2.94. The third kappa shape index (κ3) is 5.74. The second-order valence-corrected chi connectivity index (χ2v) is 10.6. The van der Waals surface area contributed by atoms with Crippen molar-refractivity contribution in [1.82, 2.24) is 20.5 Å². The van der Waals surface area contributed by atoms with Gasteiger partial charge in [-0.15, -0.1) is 11.3 Å². The zero-order valence-corrected chi connectivity index (χ0v) is 20.8. The molecule has 0 aliphatic carbocycles. The summed E-state index contributed by atoms with van der Waals surface area (Å²) in [5.41, 5.74) is 4.01. The van der Waals surface area contributed by atoms with Gasteiger partial charge in [0.1, 0.15) is 12.1 Å². The molecule has 9 nitrogen and oxygen atoms in total. The highest BCUT2D eigenvalue weighted by Gasteiger charge is 2.44. The Bertz CT molecular complexity index is 1050. The molecule has 184 valence electrons. The Hall–Kier alpha value is -2.98. The fourth-order valence-corrected chi connectivity index (χ4v) is 4.95. The standard InChI is InChI=1S/C24H32N4O5S/c1-13(15-6-8-16(9-7-15)19-14(2)25-12-34-19)26-21(30)18-10-17(29)11-28(18)22(31)20(24(3,4)5)27-23(32)33/h6-9,12-13,17-18,20,27,29H,10-11H2,1-5H3,(H,26,30)(H,32,33)/t13?,17-,18+,20?/m1/s1. The maximum Gasteiger partial charge on any atom is 0.405 e. The molecule has 1 aromatic heterocycles. The molecule has 2 aromatic rings. The van der Waals surface area contributed by atoms with E-state index in [2.05, 4.69) is 15.6 Å². The van der Waals surface area contributed by atoms with Gasteiger partial charge in [-0.1, -0.05) is 45.0 Å². The Morgan fingerprint density at radius 1 is 1.18 bits per heavy atom. The zero-order valence-electron chi connectivity index (χ0n) is 20.0. The molecule has 1 aromatic carbocycles. The molecule has 0 radical (unpaired) electrons. The van der Waals surface area contributed by atoms with Crippen molar-refractivity contribution in [1.29, 1.82) is 0 Å². The molecule has 1 aliphatic rings. The van der Waals surface area contributed by atoms with Crippen molar-refractivity contribution in [3.8, 4) is 10.4 Å². The summed E-state index contributed by atoms with van der Waals surface area (Å²) in [7, 11) is 0. The number of carboxylic acid groups (broad SMARTS) is 1. The van der Waals surface area contributed by atoms with Gasteiger partial charge in [0.25, 0.3) is 0 Å². The van der Waals surface area contributed by atoms with Gasteiger partial charge in [0.15, 0.2) is 0 Å². The lowest BCUT2D eigenvalue weighted by molar-refractivity contribution is -0.142. The molecule has 0 spiro atoms. The van der Waals surface area contributed by atoms with Crippen molar-refractivity contribution in [3.05, 3.63) is 41.0 Å². The minimum absolute atomic E-state index is 0.0257. The van der Waals surface area contributed by atoms with Crippen LogP contribution in [0.5, 0.6) is 0 Å². The lowest BCUT2D eigenvalue weighted by Gasteiger charge is -2.34. The largest absolute Gasteiger partial charge is 0.465 e. The highest BCUT2D eigenvalue weighted by Crippen LogP contribution is 2.29. The van der Waals surface area contributed by atoms with Crippen molar-refractivity contribution < 1.29 is 24.6 Å². The highest BCUT2D eigenvalue weighted by atomic mass is 32.1. The number of hydrogen-bond donors (Lipinski definition) is 4. The van der Waals surface area contributed by atoms with Crippen molar-refractivity contribution in [2.24, 2.45) is 5.41 Å². The molecule has 2 unspecified atom stereocenters. The number of carbonyl (C=O) groups is 3. The van der Waals surface area contributed by atoms with Gasteiger partial charge in [-0.25, -0.2) is 9.78 Å². The molecule has 1 fully saturated rings. The molecule has 1 aliphatic heterocycles. The second kappa shape index (κ2) is 10.1. The molecule has 4 atom stereocenters. The lowest BCUT2D eigenvalue weighted by atomic mass is 9.85. The van der Waals surface area contributed by atoms with Crippen LogP contribution >= 0.6 is 11.3 Å². The maximum atomic E-state index is 13.2. The van der Waals surface area contributed by atoms with Gasteiger partial charge in [-0.05, 0) is 30.4 Å². The fraction of sp³-hybridized carbons (Fsp3) is 0.500. The summed E-state index contributed by atoms with van der Waals surface area (Å²) in [6, 6.07) is 5.60. The average molecular weight is 489 g/mol. The van der Waals surface area contributed by atoms with Crippen LogP contribution in [-0.4, -0.2) is 62.7 Å². The molecule has 3 rings (SSSR count). The van der Waals surface area contributed by atoms with E-state index in [9.17, 15) is 24.6 Å². The SMILES string of the molecule is Cc1ncsc1-c1ccc(C(C)NC(=O)[C@@H]2C[C@@H](O)CN2C(=O)C(NC(=O)O)C(C)(C)C)cc1. The van der Waals surface area contributed by atoms with Crippen LogP contribution in [0.25, 0.3) is 10.4 Å². The van der Waals surface area contributed by atoms with Gasteiger partial charge >= 0.3 is 6.09 Å². The molecular formula is C24H32N4O5S. The number of nitrogens with one attached hydrogen (secondary N) is 2. The number of thiazole rings is 1. The van der Waals surface area contributed by atoms with Gasteiger partial charge in [0.05, 0.1) is 28.2 Å². The summed E-state index contributed by atoms with van der Waals surface area (Å²) >= 11 is 1.57. The monoisotopic (exact) mass is 488 g/mol. The number of likely N-dealkylation sites (tertiary alicyclic amines) is 1. The molecule has 4 N–H and O–H groups in total. The molecule has 10 heteroatoms. The second-order valence-electron chi connectivity index (χ2n) is 9.76. The Kier molecular flexibility index (Phi) is 7.62. The van der Waals surface area contributed by atoms with Crippen molar-refractivity contribution in [2.45, 2.75) is 65.3 Å². The van der Waals surface area contributed by atoms with Crippen LogP contribution < -0.4 is 10.6 Å². The normalized spacial score (nSPS) is 20.0. The van der Waals surface area contributed by atoms with Crippen LogP contribution in [0.1, 0.15) is 51.4 Å². The van der Waals surface area contributed by atoms with Gasteiger partial charge in [-0.2, -0.15) is 0 Å². The first kappa shape index (κ1) is 25.6. The molecule has 0 saturated carbocycles. The van der Waals surface area contributed by atoms with Crippen LogP contribution in [0.3, 0.4) is 0 Å². The molecule has 0 bridgehead atoms. The van der Waals surface area contributed by atoms with Crippen LogP contribution in [0.15, 0.2) is 29.8 Å². The highest BCUT2D eigenvalue weighted by molar-refractivity contribution is 7.13. The van der Waals surface area contributed by atoms with E-state index in [1.54, 1.807) is 37.6 Å². The third-order valence-electron chi connectivity index (χ3n) is 6.02. The van der Waals surface area contributed by atoms with Crippen molar-refractivity contribution in [2.75, 3.05) is 6.54 Å². The fourth-order valence-electron chi connectivity index (χ4n) is 4.14. The number of nitrogens with zero attached hydrogens (tertiary/aromatic N) is 2. The molecule has 1 saturated heterocycles. The number of hydrogen-bond acceptors (Lipinski definition) is 6. The van der Waals surface area contributed by atoms with E-state index in [0.29, 0.717) is 0 Å². The van der Waals surface area contributed by atoms with E-state index in [4.69, 9.17) is 0 Å². The van der Waals surface area contributed by atoms with Crippen molar-refractivity contribution in [3.63, 3.8) is 0 Å². The Labute approximate surface area is 203 Å². The van der Waals surface area contributed by atoms with Crippen LogP contribution in [0, 0.1) is 12.3 Å². The molecule has 34 heavy (non-hydrogen) atoms. The van der Waals surface area contributed by atoms with Crippen molar-refractivity contribution >= 4 is 29.2 Å². The topological polar surface area (TPSA) is 132 Å². The molecule has 3 amide bonds. The maximum absolute atomic E-state index is 13.2. The summed E-state index contributed by atoms with van der Waals surface area (Å²) in [6.07, 6.45) is -2.08. The smallest absolute Gasteiger partial charge is 0.405 e. The number of rotatable bonds is 6. The van der Waals surface area contributed by atoms with Gasteiger partial charge in [-0.3, -0.25) is 9.59 Å². The number of aliphatic hydroxyl groups is 1. The lowest BCUT2D eigenvalue weighted by Crippen LogP contribution is -2.57. The van der Waals surface area contributed by atoms with E-state index >= 15 is 0 Å². The third-order valence-corrected chi connectivity index (χ3v) is 7.00. The first-order valence-electron chi connectivity index (χ1n) is 11.2. The van der Waals surface area contributed by atoms with Crippen LogP contribution in [-0.2, 0) is 9.59 Å². The Morgan fingerprint density at radius 2 is 1.82 bits per heavy atom.